The van der Waals surface area contributed by atoms with Crippen LogP contribution in [0.15, 0.2) is 59.7 Å². The van der Waals surface area contributed by atoms with Gasteiger partial charge in [0.2, 0.25) is 0 Å². The molecule has 1 aromatic carbocycles. The van der Waals surface area contributed by atoms with Crippen molar-refractivity contribution in [3.8, 4) is 11.3 Å². The Labute approximate surface area is 196 Å². The smallest absolute Gasteiger partial charge is 0.302 e. The molecule has 3 aromatic rings. The maximum Gasteiger partial charge on any atom is 0.416 e. The zero-order chi connectivity index (χ0) is 23.9. The van der Waals surface area contributed by atoms with Crippen LogP contribution < -0.4 is 5.69 Å². The van der Waals surface area contributed by atoms with Crippen LogP contribution in [-0.2, 0) is 18.1 Å². The summed E-state index contributed by atoms with van der Waals surface area (Å²) in [6.45, 7) is 5.32. The summed E-state index contributed by atoms with van der Waals surface area (Å²) in [6.07, 6.45) is 2.08. The molecule has 3 heterocycles. The lowest BCUT2D eigenvalue weighted by Gasteiger charge is -2.21. The van der Waals surface area contributed by atoms with Gasteiger partial charge in [0.1, 0.15) is 0 Å². The summed E-state index contributed by atoms with van der Waals surface area (Å²) in [5, 5.41) is 0. The number of benzene rings is 1. The molecular formula is C26H27F3N4O. The number of rotatable bonds is 7. The quantitative estimate of drug-likeness (QED) is 0.473. The van der Waals surface area contributed by atoms with Crippen molar-refractivity contribution < 1.29 is 13.2 Å². The Morgan fingerprint density at radius 3 is 2.56 bits per heavy atom. The minimum Gasteiger partial charge on any atom is -0.302 e. The first kappa shape index (κ1) is 22.8. The number of hydrogen-bond donors (Lipinski definition) is 0. The number of aromatic nitrogens is 3. The number of unbranched alkanes of at least 4 members (excludes halogenated alkanes) is 1. The molecule has 1 aliphatic carbocycles. The van der Waals surface area contributed by atoms with Crippen LogP contribution in [0, 0.1) is 12.8 Å². The molecule has 0 N–H and O–H groups in total. The number of fused-ring (bicyclic) bond motifs is 1. The monoisotopic (exact) mass is 468 g/mol. The van der Waals surface area contributed by atoms with Crippen molar-refractivity contribution in [2.75, 3.05) is 19.6 Å². The first-order chi connectivity index (χ1) is 16.2. The Kier molecular flexibility index (Phi) is 5.80. The van der Waals surface area contributed by atoms with Gasteiger partial charge in [0.25, 0.3) is 0 Å². The number of alkyl halides is 3. The number of piperidine rings is 1. The maximum atomic E-state index is 12.9. The molecule has 2 fully saturated rings. The fourth-order valence-electron chi connectivity index (χ4n) is 5.28. The van der Waals surface area contributed by atoms with Gasteiger partial charge in [-0.2, -0.15) is 18.2 Å². The van der Waals surface area contributed by atoms with E-state index in [4.69, 9.17) is 0 Å². The second-order valence-corrected chi connectivity index (χ2v) is 9.55. The second-order valence-electron chi connectivity index (χ2n) is 9.55. The van der Waals surface area contributed by atoms with Crippen LogP contribution in [-0.4, -0.2) is 39.1 Å². The average molecular weight is 469 g/mol. The Morgan fingerprint density at radius 2 is 1.85 bits per heavy atom. The zero-order valence-corrected chi connectivity index (χ0v) is 19.1. The van der Waals surface area contributed by atoms with Crippen LogP contribution in [0.3, 0.4) is 0 Å². The third kappa shape index (κ3) is 4.51. The Hall–Kier alpha value is -3.00. The highest BCUT2D eigenvalue weighted by atomic mass is 19.4. The van der Waals surface area contributed by atoms with Gasteiger partial charge in [-0.15, -0.1) is 0 Å². The lowest BCUT2D eigenvalue weighted by molar-refractivity contribution is -0.137. The van der Waals surface area contributed by atoms with Gasteiger partial charge in [0.05, 0.1) is 11.3 Å². The van der Waals surface area contributed by atoms with E-state index in [9.17, 15) is 18.0 Å². The van der Waals surface area contributed by atoms with E-state index in [1.54, 1.807) is 29.1 Å². The van der Waals surface area contributed by atoms with Gasteiger partial charge in [0.15, 0.2) is 0 Å². The van der Waals surface area contributed by atoms with Gasteiger partial charge in [-0.3, -0.25) is 9.55 Å². The summed E-state index contributed by atoms with van der Waals surface area (Å²) in [7, 11) is 0. The fourth-order valence-corrected chi connectivity index (χ4v) is 5.28. The van der Waals surface area contributed by atoms with Crippen molar-refractivity contribution in [3.63, 3.8) is 0 Å². The standard InChI is InChI=1S/C26H27F3N4O/c1-18-14-19(8-10-30-18)23-9-13-33(24(34)31-23)12-3-2-11-32-16-22-15-25(22,17-32)20-4-6-21(7-5-20)26(27,28)29/h4-10,13-14,22H,2-3,11-12,15-17H2,1H3/t22-,25+/m0/s1. The molecule has 1 saturated carbocycles. The SMILES string of the molecule is Cc1cc(-c2ccn(CCCCN3C[C@@H]4C[C@]4(c4ccc(C(F)(F)F)cc4)C3)c(=O)n2)ccn1. The number of aryl methyl sites for hydroxylation is 2. The topological polar surface area (TPSA) is 51.0 Å². The summed E-state index contributed by atoms with van der Waals surface area (Å²) in [5.74, 6) is 0.528. The molecule has 2 aromatic heterocycles. The molecule has 8 heteroatoms. The number of likely N-dealkylation sites (tertiary alicyclic amines) is 1. The summed E-state index contributed by atoms with van der Waals surface area (Å²) in [4.78, 5) is 23.2. The summed E-state index contributed by atoms with van der Waals surface area (Å²) in [5.41, 5.74) is 2.61. The third-order valence-corrected chi connectivity index (χ3v) is 7.19. The van der Waals surface area contributed by atoms with Gasteiger partial charge < -0.3 is 4.90 Å². The van der Waals surface area contributed by atoms with Gasteiger partial charge >= 0.3 is 11.9 Å². The Balaban J connectivity index is 1.12. The van der Waals surface area contributed by atoms with Crippen molar-refractivity contribution in [1.82, 2.24) is 19.4 Å². The van der Waals surface area contributed by atoms with E-state index < -0.39 is 11.7 Å². The van der Waals surface area contributed by atoms with Crippen molar-refractivity contribution in [2.45, 2.75) is 44.3 Å². The highest BCUT2D eigenvalue weighted by Crippen LogP contribution is 2.59. The number of hydrogen-bond acceptors (Lipinski definition) is 4. The van der Waals surface area contributed by atoms with Crippen LogP contribution in [0.4, 0.5) is 13.2 Å². The molecule has 178 valence electrons. The summed E-state index contributed by atoms with van der Waals surface area (Å²) >= 11 is 0. The second kappa shape index (κ2) is 8.65. The Bertz CT molecular complexity index is 1240. The van der Waals surface area contributed by atoms with Gasteiger partial charge in [-0.05, 0) is 74.5 Å². The molecule has 0 spiro atoms. The zero-order valence-electron chi connectivity index (χ0n) is 19.1. The van der Waals surface area contributed by atoms with E-state index in [1.165, 1.54) is 12.1 Å². The van der Waals surface area contributed by atoms with E-state index in [2.05, 4.69) is 14.9 Å². The number of nitrogens with zero attached hydrogens (tertiary/aromatic N) is 4. The number of pyridine rings is 1. The molecule has 0 radical (unpaired) electrons. The summed E-state index contributed by atoms with van der Waals surface area (Å²) < 4.78 is 40.2. The van der Waals surface area contributed by atoms with E-state index in [1.807, 2.05) is 25.1 Å². The van der Waals surface area contributed by atoms with Crippen molar-refractivity contribution in [1.29, 1.82) is 0 Å². The minimum absolute atomic E-state index is 0.0200. The molecule has 1 saturated heterocycles. The highest BCUT2D eigenvalue weighted by Gasteiger charge is 2.60. The third-order valence-electron chi connectivity index (χ3n) is 7.19. The lowest BCUT2D eigenvalue weighted by Crippen LogP contribution is -2.28. The first-order valence-corrected chi connectivity index (χ1v) is 11.7. The van der Waals surface area contributed by atoms with Gasteiger partial charge in [-0.25, -0.2) is 4.79 Å². The number of halogens is 3. The van der Waals surface area contributed by atoms with Crippen LogP contribution >= 0.6 is 0 Å². The molecular weight excluding hydrogens is 441 g/mol. The predicted octanol–water partition coefficient (Wildman–Crippen LogP) is 4.69. The molecule has 0 bridgehead atoms. The van der Waals surface area contributed by atoms with Crippen LogP contribution in [0.5, 0.6) is 0 Å². The molecule has 34 heavy (non-hydrogen) atoms. The molecule has 5 rings (SSSR count). The largest absolute Gasteiger partial charge is 0.416 e. The fraction of sp³-hybridized carbons (Fsp3) is 0.423. The molecule has 2 atom stereocenters. The average Bonchev–Trinajstić information content (AvgIpc) is 3.38. The molecule has 0 unspecified atom stereocenters. The molecule has 5 nitrogen and oxygen atoms in total. The van der Waals surface area contributed by atoms with E-state index in [-0.39, 0.29) is 11.1 Å². The Morgan fingerprint density at radius 1 is 1.09 bits per heavy atom. The van der Waals surface area contributed by atoms with E-state index in [0.717, 1.165) is 55.7 Å². The maximum absolute atomic E-state index is 12.9. The molecule has 0 amide bonds. The normalized spacial score (nSPS) is 22.1. The van der Waals surface area contributed by atoms with Gasteiger partial charge in [0, 0.05) is 48.7 Å². The van der Waals surface area contributed by atoms with Gasteiger partial charge in [-0.1, -0.05) is 12.1 Å². The molecule has 2 aliphatic rings. The predicted molar refractivity (Wildman–Crippen MR) is 123 cm³/mol. The summed E-state index contributed by atoms with van der Waals surface area (Å²) in [6, 6.07) is 11.3. The van der Waals surface area contributed by atoms with E-state index >= 15 is 0 Å². The van der Waals surface area contributed by atoms with Crippen molar-refractivity contribution >= 4 is 0 Å². The van der Waals surface area contributed by atoms with Crippen LogP contribution in [0.25, 0.3) is 11.3 Å². The van der Waals surface area contributed by atoms with E-state index in [0.29, 0.717) is 18.2 Å². The van der Waals surface area contributed by atoms with Crippen molar-refractivity contribution in [3.05, 3.63) is 82.2 Å². The van der Waals surface area contributed by atoms with Crippen molar-refractivity contribution in [2.24, 2.45) is 5.92 Å². The van der Waals surface area contributed by atoms with Crippen LogP contribution in [0.2, 0.25) is 0 Å². The first-order valence-electron chi connectivity index (χ1n) is 11.7. The highest BCUT2D eigenvalue weighted by molar-refractivity contribution is 5.58. The van der Waals surface area contributed by atoms with Crippen LogP contribution in [0.1, 0.15) is 36.1 Å². The minimum atomic E-state index is -4.29. The molecule has 1 aliphatic heterocycles. The lowest BCUT2D eigenvalue weighted by atomic mass is 9.94.